The molecular weight excluding hydrogens is 310 g/mol. The second-order valence-electron chi connectivity index (χ2n) is 5.40. The van der Waals surface area contributed by atoms with Crippen LogP contribution in [-0.2, 0) is 17.6 Å². The van der Waals surface area contributed by atoms with E-state index in [9.17, 15) is 4.79 Å². The predicted molar refractivity (Wildman–Crippen MR) is 91.7 cm³/mol. The second kappa shape index (κ2) is 7.29. The Morgan fingerprint density at radius 2 is 2.09 bits per heavy atom. The van der Waals surface area contributed by atoms with Crippen molar-refractivity contribution in [2.45, 2.75) is 19.3 Å². The Morgan fingerprint density at radius 3 is 2.96 bits per heavy atom. The van der Waals surface area contributed by atoms with Gasteiger partial charge in [-0.1, -0.05) is 29.8 Å². The number of benzene rings is 1. The Labute approximate surface area is 140 Å². The first-order valence-electron chi connectivity index (χ1n) is 7.64. The van der Waals surface area contributed by atoms with Gasteiger partial charge in [0, 0.05) is 30.6 Å². The van der Waals surface area contributed by atoms with Gasteiger partial charge in [0.2, 0.25) is 5.91 Å². The van der Waals surface area contributed by atoms with Crippen molar-refractivity contribution in [2.24, 2.45) is 0 Å². The van der Waals surface area contributed by atoms with Gasteiger partial charge in [-0.15, -0.1) is 0 Å². The Balaban J connectivity index is 1.46. The third-order valence-corrected chi connectivity index (χ3v) is 3.95. The zero-order valence-electron chi connectivity index (χ0n) is 12.7. The lowest BCUT2D eigenvalue weighted by atomic mass is 10.1. The van der Waals surface area contributed by atoms with E-state index in [-0.39, 0.29) is 5.91 Å². The van der Waals surface area contributed by atoms with Gasteiger partial charge in [0.1, 0.15) is 5.82 Å². The zero-order valence-corrected chi connectivity index (χ0v) is 13.5. The van der Waals surface area contributed by atoms with E-state index in [1.165, 1.54) is 0 Å². The van der Waals surface area contributed by atoms with Crippen LogP contribution in [0.25, 0.3) is 5.52 Å². The lowest BCUT2D eigenvalue weighted by Crippen LogP contribution is -2.26. The van der Waals surface area contributed by atoms with Gasteiger partial charge in [-0.25, -0.2) is 4.98 Å². The quantitative estimate of drug-likeness (QED) is 0.755. The summed E-state index contributed by atoms with van der Waals surface area (Å²) in [6, 6.07) is 13.6. The van der Waals surface area contributed by atoms with Crippen LogP contribution in [0.5, 0.6) is 0 Å². The van der Waals surface area contributed by atoms with Gasteiger partial charge in [-0.05, 0) is 36.2 Å². The van der Waals surface area contributed by atoms with Crippen molar-refractivity contribution in [3.05, 3.63) is 71.3 Å². The van der Waals surface area contributed by atoms with Gasteiger partial charge < -0.3 is 9.72 Å². The number of carbonyl (C=O) groups is 1. The van der Waals surface area contributed by atoms with E-state index in [1.54, 1.807) is 0 Å². The number of hydrogen-bond donors (Lipinski definition) is 1. The largest absolute Gasteiger partial charge is 0.356 e. The Morgan fingerprint density at radius 1 is 1.17 bits per heavy atom. The fraction of sp³-hybridized carbons (Fsp3) is 0.222. The van der Waals surface area contributed by atoms with E-state index in [0.29, 0.717) is 30.8 Å². The van der Waals surface area contributed by atoms with Crippen LogP contribution in [0.1, 0.15) is 17.8 Å². The number of rotatable bonds is 6. The Kier molecular flexibility index (Phi) is 4.93. The normalized spacial score (nSPS) is 10.8. The summed E-state index contributed by atoms with van der Waals surface area (Å²) in [5.74, 6) is 1.00. The van der Waals surface area contributed by atoms with Crippen LogP contribution in [-0.4, -0.2) is 21.8 Å². The maximum absolute atomic E-state index is 11.9. The van der Waals surface area contributed by atoms with Crippen molar-refractivity contribution in [1.82, 2.24) is 14.7 Å². The molecule has 2 aromatic heterocycles. The highest BCUT2D eigenvalue weighted by Gasteiger charge is 2.05. The molecule has 0 radical (unpaired) electrons. The number of carbonyl (C=O) groups excluding carboxylic acids is 1. The summed E-state index contributed by atoms with van der Waals surface area (Å²) in [5, 5.41) is 3.65. The molecule has 23 heavy (non-hydrogen) atoms. The number of aromatic nitrogens is 2. The number of imidazole rings is 1. The van der Waals surface area contributed by atoms with Gasteiger partial charge in [-0.3, -0.25) is 4.79 Å². The van der Waals surface area contributed by atoms with E-state index >= 15 is 0 Å². The summed E-state index contributed by atoms with van der Waals surface area (Å²) in [6.07, 6.45) is 5.69. The van der Waals surface area contributed by atoms with Crippen LogP contribution in [0.15, 0.2) is 54.9 Å². The highest BCUT2D eigenvalue weighted by atomic mass is 35.5. The molecule has 1 N–H and O–H groups in total. The van der Waals surface area contributed by atoms with Crippen LogP contribution in [0.2, 0.25) is 5.02 Å². The summed E-state index contributed by atoms with van der Waals surface area (Å²) in [4.78, 5) is 16.3. The van der Waals surface area contributed by atoms with Crippen LogP contribution >= 0.6 is 11.6 Å². The monoisotopic (exact) mass is 327 g/mol. The van der Waals surface area contributed by atoms with Crippen LogP contribution in [0, 0.1) is 0 Å². The molecule has 0 saturated heterocycles. The SMILES string of the molecule is O=C(CCc1cccc(Cl)c1)NCCc1ncc2ccccn12. The van der Waals surface area contributed by atoms with E-state index in [2.05, 4.69) is 10.3 Å². The first-order valence-corrected chi connectivity index (χ1v) is 8.02. The molecular formula is C18H18ClN3O. The number of hydrogen-bond acceptors (Lipinski definition) is 2. The lowest BCUT2D eigenvalue weighted by molar-refractivity contribution is -0.121. The number of fused-ring (bicyclic) bond motifs is 1. The average Bonchev–Trinajstić information content (AvgIpc) is 2.97. The molecule has 0 fully saturated rings. The average molecular weight is 328 g/mol. The third-order valence-electron chi connectivity index (χ3n) is 3.72. The maximum Gasteiger partial charge on any atom is 0.220 e. The van der Waals surface area contributed by atoms with Gasteiger partial charge in [0.05, 0.1) is 11.7 Å². The molecule has 0 saturated carbocycles. The molecule has 118 valence electrons. The first-order chi connectivity index (χ1) is 11.2. The molecule has 0 aliphatic heterocycles. The number of nitrogens with one attached hydrogen (secondary N) is 1. The van der Waals surface area contributed by atoms with Gasteiger partial charge in [0.15, 0.2) is 0 Å². The van der Waals surface area contributed by atoms with E-state index in [0.717, 1.165) is 16.9 Å². The Bertz CT molecular complexity index is 813. The molecule has 0 aliphatic carbocycles. The van der Waals surface area contributed by atoms with E-state index in [1.807, 2.05) is 59.3 Å². The number of nitrogens with zero attached hydrogens (tertiary/aromatic N) is 2. The van der Waals surface area contributed by atoms with Crippen molar-refractivity contribution < 1.29 is 4.79 Å². The lowest BCUT2D eigenvalue weighted by Gasteiger charge is -2.06. The molecule has 4 nitrogen and oxygen atoms in total. The number of amides is 1. The summed E-state index contributed by atoms with van der Waals surface area (Å²) in [6.45, 7) is 0.586. The molecule has 0 aliphatic rings. The van der Waals surface area contributed by atoms with Gasteiger partial charge in [0.25, 0.3) is 0 Å². The van der Waals surface area contributed by atoms with Crippen LogP contribution < -0.4 is 5.32 Å². The topological polar surface area (TPSA) is 46.4 Å². The van der Waals surface area contributed by atoms with Gasteiger partial charge in [-0.2, -0.15) is 0 Å². The molecule has 0 unspecified atom stereocenters. The minimum absolute atomic E-state index is 0.0471. The molecule has 1 amide bonds. The van der Waals surface area contributed by atoms with Crippen molar-refractivity contribution in [2.75, 3.05) is 6.54 Å². The number of aryl methyl sites for hydroxylation is 1. The summed E-state index contributed by atoms with van der Waals surface area (Å²) >= 11 is 5.94. The molecule has 2 heterocycles. The summed E-state index contributed by atoms with van der Waals surface area (Å²) < 4.78 is 2.04. The molecule has 0 spiro atoms. The van der Waals surface area contributed by atoms with E-state index < -0.39 is 0 Å². The van der Waals surface area contributed by atoms with Gasteiger partial charge >= 0.3 is 0 Å². The molecule has 1 aromatic carbocycles. The molecule has 5 heteroatoms. The second-order valence-corrected chi connectivity index (χ2v) is 5.84. The highest BCUT2D eigenvalue weighted by Crippen LogP contribution is 2.12. The van der Waals surface area contributed by atoms with Crippen LogP contribution in [0.3, 0.4) is 0 Å². The summed E-state index contributed by atoms with van der Waals surface area (Å²) in [7, 11) is 0. The highest BCUT2D eigenvalue weighted by molar-refractivity contribution is 6.30. The van der Waals surface area contributed by atoms with Crippen molar-refractivity contribution in [3.63, 3.8) is 0 Å². The maximum atomic E-state index is 11.9. The fourth-order valence-corrected chi connectivity index (χ4v) is 2.75. The fourth-order valence-electron chi connectivity index (χ4n) is 2.54. The van der Waals surface area contributed by atoms with E-state index in [4.69, 9.17) is 11.6 Å². The number of pyridine rings is 1. The molecule has 3 rings (SSSR count). The molecule has 0 bridgehead atoms. The Hall–Kier alpha value is -2.33. The summed E-state index contributed by atoms with van der Waals surface area (Å²) in [5.41, 5.74) is 2.14. The van der Waals surface area contributed by atoms with Crippen LogP contribution in [0.4, 0.5) is 0 Å². The third kappa shape index (κ3) is 4.11. The minimum Gasteiger partial charge on any atom is -0.356 e. The standard InChI is InChI=1S/C18H18ClN3O/c19-15-5-3-4-14(12-15)7-8-18(23)20-10-9-17-21-13-16-6-1-2-11-22(16)17/h1-6,11-13H,7-10H2,(H,20,23). The number of halogens is 1. The van der Waals surface area contributed by atoms with Crippen molar-refractivity contribution in [1.29, 1.82) is 0 Å². The molecule has 3 aromatic rings. The smallest absolute Gasteiger partial charge is 0.220 e. The molecule has 0 atom stereocenters. The minimum atomic E-state index is 0.0471. The zero-order chi connectivity index (χ0) is 16.1. The predicted octanol–water partition coefficient (Wildman–Crippen LogP) is 3.28. The van der Waals surface area contributed by atoms with Crippen molar-refractivity contribution >= 4 is 23.0 Å². The first kappa shape index (κ1) is 15.6. The van der Waals surface area contributed by atoms with Crippen molar-refractivity contribution in [3.8, 4) is 0 Å².